The van der Waals surface area contributed by atoms with Gasteiger partial charge in [0.15, 0.2) is 0 Å². The van der Waals surface area contributed by atoms with Crippen molar-refractivity contribution < 1.29 is 9.47 Å². The zero-order chi connectivity index (χ0) is 15.3. The van der Waals surface area contributed by atoms with Crippen LogP contribution in [0, 0.1) is 0 Å². The molecule has 21 heavy (non-hydrogen) atoms. The minimum atomic E-state index is 0.652. The highest BCUT2D eigenvalue weighted by Gasteiger charge is 2.09. The fourth-order valence-electron chi connectivity index (χ4n) is 1.84. The van der Waals surface area contributed by atoms with Crippen molar-refractivity contribution in [2.75, 3.05) is 39.5 Å². The molecule has 4 nitrogen and oxygen atoms in total. The molecule has 1 rings (SSSR count). The van der Waals surface area contributed by atoms with Crippen LogP contribution >= 0.6 is 0 Å². The molecule has 1 aliphatic heterocycles. The van der Waals surface area contributed by atoms with Crippen molar-refractivity contribution in [3.63, 3.8) is 0 Å². The van der Waals surface area contributed by atoms with Gasteiger partial charge >= 0.3 is 0 Å². The third kappa shape index (κ3) is 8.27. The summed E-state index contributed by atoms with van der Waals surface area (Å²) in [5.41, 5.74) is 0.895. The van der Waals surface area contributed by atoms with Crippen LogP contribution in [0.4, 0.5) is 0 Å². The molecule has 0 aromatic heterocycles. The van der Waals surface area contributed by atoms with Gasteiger partial charge in [-0.3, -0.25) is 9.89 Å². The molecule has 0 saturated carbocycles. The normalized spacial score (nSPS) is 18.0. The Morgan fingerprint density at radius 1 is 1.33 bits per heavy atom. The Kier molecular flexibility index (Phi) is 9.16. The van der Waals surface area contributed by atoms with Gasteiger partial charge < -0.3 is 9.47 Å². The van der Waals surface area contributed by atoms with Crippen LogP contribution in [-0.2, 0) is 9.47 Å². The van der Waals surface area contributed by atoms with Crippen LogP contribution in [0.3, 0.4) is 0 Å². The summed E-state index contributed by atoms with van der Waals surface area (Å²) in [6.45, 7) is 14.4. The average Bonchev–Trinajstić information content (AvgIpc) is 2.51. The predicted molar refractivity (Wildman–Crippen MR) is 88.6 cm³/mol. The van der Waals surface area contributed by atoms with Gasteiger partial charge in [0.05, 0.1) is 19.4 Å². The number of morpholine rings is 1. The molecule has 1 fully saturated rings. The van der Waals surface area contributed by atoms with E-state index in [-0.39, 0.29) is 0 Å². The monoisotopic (exact) mass is 290 g/mol. The lowest BCUT2D eigenvalue weighted by Gasteiger charge is -2.26. The van der Waals surface area contributed by atoms with Gasteiger partial charge in [-0.1, -0.05) is 18.7 Å². The summed E-state index contributed by atoms with van der Waals surface area (Å²) < 4.78 is 11.1. The number of hydrogen-bond donors (Lipinski definition) is 0. The average molecular weight is 290 g/mol. The highest BCUT2D eigenvalue weighted by Crippen LogP contribution is 2.03. The molecule has 4 heteroatoms. The number of hydrogen-bond acceptors (Lipinski definition) is 4. The summed E-state index contributed by atoms with van der Waals surface area (Å²) >= 11 is 0. The Bertz CT molecular complexity index is 405. The maximum absolute atomic E-state index is 5.80. The first-order chi connectivity index (χ1) is 10.3. The largest absolute Gasteiger partial charge is 0.491 e. The number of allylic oxidation sites excluding steroid dienone is 6. The van der Waals surface area contributed by atoms with Crippen molar-refractivity contribution >= 4 is 6.21 Å². The standard InChI is InChI=1S/C17H26N2O2/c1-4-6-8-17(15-18-16(3)7-5-2)21-14-11-19-9-12-20-13-10-19/h4-5,7-8,15H,1-2,6,9-14H2,3H3/b16-7+,17-8+,18-15+. The minimum absolute atomic E-state index is 0.652. The van der Waals surface area contributed by atoms with E-state index in [0.29, 0.717) is 6.61 Å². The van der Waals surface area contributed by atoms with Crippen LogP contribution in [0.15, 0.2) is 53.9 Å². The number of rotatable bonds is 9. The van der Waals surface area contributed by atoms with Crippen molar-refractivity contribution in [2.45, 2.75) is 13.3 Å². The van der Waals surface area contributed by atoms with E-state index in [1.165, 1.54) is 0 Å². The minimum Gasteiger partial charge on any atom is -0.491 e. The first-order valence-electron chi connectivity index (χ1n) is 7.33. The molecule has 0 atom stereocenters. The van der Waals surface area contributed by atoms with Gasteiger partial charge in [-0.2, -0.15) is 0 Å². The Hall–Kier alpha value is -1.65. The number of ether oxygens (including phenoxy) is 2. The number of nitrogens with zero attached hydrogens (tertiary/aromatic N) is 2. The van der Waals surface area contributed by atoms with Crippen LogP contribution in [-0.4, -0.2) is 50.6 Å². The van der Waals surface area contributed by atoms with E-state index >= 15 is 0 Å². The second kappa shape index (κ2) is 11.1. The van der Waals surface area contributed by atoms with Gasteiger partial charge in [-0.25, -0.2) is 0 Å². The van der Waals surface area contributed by atoms with Crippen LogP contribution in [0.5, 0.6) is 0 Å². The zero-order valence-electron chi connectivity index (χ0n) is 13.0. The summed E-state index contributed by atoms with van der Waals surface area (Å²) in [5.74, 6) is 0.778. The second-order valence-electron chi connectivity index (χ2n) is 4.74. The third-order valence-corrected chi connectivity index (χ3v) is 3.02. The lowest BCUT2D eigenvalue weighted by atomic mass is 10.3. The molecule has 0 spiro atoms. The molecule has 0 bridgehead atoms. The molecule has 0 N–H and O–H groups in total. The quantitative estimate of drug-likeness (QED) is 0.283. The van der Waals surface area contributed by atoms with Crippen molar-refractivity contribution in [3.05, 3.63) is 48.9 Å². The van der Waals surface area contributed by atoms with E-state index in [2.05, 4.69) is 23.1 Å². The van der Waals surface area contributed by atoms with Gasteiger partial charge in [0, 0.05) is 25.3 Å². The third-order valence-electron chi connectivity index (χ3n) is 3.02. The molecule has 116 valence electrons. The molecule has 0 aromatic rings. The van der Waals surface area contributed by atoms with E-state index in [9.17, 15) is 0 Å². The van der Waals surface area contributed by atoms with Crippen LogP contribution in [0.2, 0.25) is 0 Å². The molecule has 1 heterocycles. The summed E-state index contributed by atoms with van der Waals surface area (Å²) in [7, 11) is 0. The van der Waals surface area contributed by atoms with E-state index in [0.717, 1.165) is 50.7 Å². The lowest BCUT2D eigenvalue weighted by molar-refractivity contribution is 0.0285. The molecular formula is C17H26N2O2. The molecule has 0 aromatic carbocycles. The van der Waals surface area contributed by atoms with E-state index in [1.807, 2.05) is 25.2 Å². The summed E-state index contributed by atoms with van der Waals surface area (Å²) in [5, 5.41) is 0. The van der Waals surface area contributed by atoms with Crippen LogP contribution in [0.25, 0.3) is 0 Å². The van der Waals surface area contributed by atoms with Crippen molar-refractivity contribution in [1.29, 1.82) is 0 Å². The molecule has 1 saturated heterocycles. The maximum atomic E-state index is 5.80. The van der Waals surface area contributed by atoms with Crippen molar-refractivity contribution in [3.8, 4) is 0 Å². The maximum Gasteiger partial charge on any atom is 0.133 e. The number of aliphatic imine (C=N–C) groups is 1. The fraction of sp³-hybridized carbons (Fsp3) is 0.471. The highest BCUT2D eigenvalue weighted by atomic mass is 16.5. The lowest BCUT2D eigenvalue weighted by Crippen LogP contribution is -2.38. The molecular weight excluding hydrogens is 264 g/mol. The predicted octanol–water partition coefficient (Wildman–Crippen LogP) is 2.96. The van der Waals surface area contributed by atoms with Crippen LogP contribution < -0.4 is 0 Å². The van der Waals surface area contributed by atoms with Gasteiger partial charge in [-0.15, -0.1) is 6.58 Å². The van der Waals surface area contributed by atoms with Crippen molar-refractivity contribution in [1.82, 2.24) is 4.90 Å². The zero-order valence-corrected chi connectivity index (χ0v) is 13.0. The second-order valence-corrected chi connectivity index (χ2v) is 4.74. The van der Waals surface area contributed by atoms with Crippen molar-refractivity contribution in [2.24, 2.45) is 4.99 Å². The summed E-state index contributed by atoms with van der Waals surface area (Å²) in [6.07, 6.45) is 9.92. The first-order valence-corrected chi connectivity index (χ1v) is 7.33. The van der Waals surface area contributed by atoms with Gasteiger partial charge in [0.2, 0.25) is 0 Å². The Morgan fingerprint density at radius 3 is 2.76 bits per heavy atom. The molecule has 0 amide bonds. The molecule has 1 aliphatic rings. The Balaban J connectivity index is 2.43. The fourth-order valence-corrected chi connectivity index (χ4v) is 1.84. The van der Waals surface area contributed by atoms with Gasteiger partial charge in [0.1, 0.15) is 12.4 Å². The highest BCUT2D eigenvalue weighted by molar-refractivity contribution is 5.76. The van der Waals surface area contributed by atoms with E-state index in [1.54, 1.807) is 12.3 Å². The smallest absolute Gasteiger partial charge is 0.133 e. The first kappa shape index (κ1) is 17.4. The molecule has 0 radical (unpaired) electrons. The van der Waals surface area contributed by atoms with E-state index < -0.39 is 0 Å². The summed E-state index contributed by atoms with van der Waals surface area (Å²) in [4.78, 5) is 6.68. The van der Waals surface area contributed by atoms with Crippen LogP contribution in [0.1, 0.15) is 13.3 Å². The SMILES string of the molecule is C=C/C=C(C)/N=C/C(=C\CC=C)OCCN1CCOCC1. The van der Waals surface area contributed by atoms with E-state index in [4.69, 9.17) is 9.47 Å². The molecule has 0 aliphatic carbocycles. The Morgan fingerprint density at radius 2 is 2.10 bits per heavy atom. The Labute approximate surface area is 128 Å². The van der Waals surface area contributed by atoms with Gasteiger partial charge in [0.25, 0.3) is 0 Å². The summed E-state index contributed by atoms with van der Waals surface area (Å²) in [6, 6.07) is 0. The molecule has 0 unspecified atom stereocenters. The topological polar surface area (TPSA) is 34.1 Å². The van der Waals surface area contributed by atoms with Gasteiger partial charge in [-0.05, 0) is 25.5 Å².